The lowest BCUT2D eigenvalue weighted by molar-refractivity contribution is 0.0976. The summed E-state index contributed by atoms with van der Waals surface area (Å²) in [7, 11) is 0. The number of carbonyl (C=O) groups is 1. The van der Waals surface area contributed by atoms with Crippen molar-refractivity contribution in [3.8, 4) is 11.5 Å². The van der Waals surface area contributed by atoms with E-state index in [1.54, 1.807) is 41.3 Å². The summed E-state index contributed by atoms with van der Waals surface area (Å²) in [5.74, 6) is 0.919. The fourth-order valence-electron chi connectivity index (χ4n) is 3.00. The molecule has 1 amide bonds. The van der Waals surface area contributed by atoms with E-state index < -0.39 is 0 Å². The molecule has 0 aliphatic carbocycles. The fraction of sp³-hybridized carbons (Fsp3) is 0.136. The number of amides is 1. The van der Waals surface area contributed by atoms with Gasteiger partial charge >= 0.3 is 0 Å². The van der Waals surface area contributed by atoms with Gasteiger partial charge in [0.2, 0.25) is 0 Å². The molecule has 3 aromatic rings. The van der Waals surface area contributed by atoms with Gasteiger partial charge in [0, 0.05) is 5.56 Å². The minimum atomic E-state index is -0.280. The van der Waals surface area contributed by atoms with E-state index in [2.05, 4.69) is 0 Å². The first kappa shape index (κ1) is 17.1. The molecule has 0 fully saturated rings. The highest BCUT2D eigenvalue weighted by Crippen LogP contribution is 2.32. The molecule has 1 aliphatic heterocycles. The van der Waals surface area contributed by atoms with Gasteiger partial charge in [0.1, 0.15) is 30.5 Å². The number of anilines is 1. The van der Waals surface area contributed by atoms with Crippen molar-refractivity contribution in [2.45, 2.75) is 6.61 Å². The highest BCUT2D eigenvalue weighted by molar-refractivity contribution is 6.07. The Balaban J connectivity index is 1.51. The van der Waals surface area contributed by atoms with Gasteiger partial charge in [-0.1, -0.05) is 30.3 Å². The molecule has 0 unspecified atom stereocenters. The Hall–Kier alpha value is -3.34. The van der Waals surface area contributed by atoms with Crippen LogP contribution in [0, 0.1) is 5.82 Å². The van der Waals surface area contributed by atoms with Crippen molar-refractivity contribution in [3.63, 3.8) is 0 Å². The molecular formula is C22H18FNO3. The fourth-order valence-corrected chi connectivity index (χ4v) is 3.00. The summed E-state index contributed by atoms with van der Waals surface area (Å²) < 4.78 is 24.4. The summed E-state index contributed by atoms with van der Waals surface area (Å²) in [5.41, 5.74) is 2.17. The topological polar surface area (TPSA) is 38.8 Å². The van der Waals surface area contributed by atoms with E-state index in [9.17, 15) is 9.18 Å². The number of rotatable bonds is 4. The Labute approximate surface area is 156 Å². The van der Waals surface area contributed by atoms with Gasteiger partial charge in [-0.2, -0.15) is 0 Å². The molecule has 0 spiro atoms. The molecule has 0 aromatic heterocycles. The largest absolute Gasteiger partial charge is 0.490 e. The third-order valence-electron chi connectivity index (χ3n) is 4.37. The second-order valence-corrected chi connectivity index (χ2v) is 6.22. The van der Waals surface area contributed by atoms with Gasteiger partial charge in [0.15, 0.2) is 0 Å². The maximum absolute atomic E-state index is 13.0. The van der Waals surface area contributed by atoms with Gasteiger partial charge in [0.05, 0.1) is 12.2 Å². The highest BCUT2D eigenvalue weighted by Gasteiger charge is 2.24. The number of hydrogen-bond donors (Lipinski definition) is 0. The van der Waals surface area contributed by atoms with Crippen molar-refractivity contribution in [1.29, 1.82) is 0 Å². The Morgan fingerprint density at radius 2 is 1.85 bits per heavy atom. The first-order valence-electron chi connectivity index (χ1n) is 8.72. The number of nitrogens with zero attached hydrogens (tertiary/aromatic N) is 1. The van der Waals surface area contributed by atoms with Gasteiger partial charge in [-0.15, -0.1) is 0 Å². The van der Waals surface area contributed by atoms with Crippen LogP contribution in [0.15, 0.2) is 72.8 Å². The third kappa shape index (κ3) is 3.77. The summed E-state index contributed by atoms with van der Waals surface area (Å²) >= 11 is 0. The predicted octanol–water partition coefficient (Wildman–Crippen LogP) is 4.44. The maximum Gasteiger partial charge on any atom is 0.258 e. The molecule has 1 heterocycles. The molecule has 136 valence electrons. The molecule has 3 aromatic carbocycles. The summed E-state index contributed by atoms with van der Waals surface area (Å²) in [5, 5.41) is 0. The van der Waals surface area contributed by atoms with E-state index in [0.717, 1.165) is 11.3 Å². The second kappa shape index (κ2) is 7.50. The van der Waals surface area contributed by atoms with Crippen molar-refractivity contribution < 1.29 is 18.7 Å². The van der Waals surface area contributed by atoms with Crippen LogP contribution in [0.2, 0.25) is 0 Å². The lowest BCUT2D eigenvalue weighted by Gasteiger charge is -2.29. The van der Waals surface area contributed by atoms with Crippen LogP contribution in [0.4, 0.5) is 10.1 Å². The first-order chi connectivity index (χ1) is 13.2. The van der Waals surface area contributed by atoms with Crippen LogP contribution < -0.4 is 14.4 Å². The van der Waals surface area contributed by atoms with E-state index in [1.807, 2.05) is 24.3 Å². The molecular weight excluding hydrogens is 345 g/mol. The van der Waals surface area contributed by atoms with Crippen molar-refractivity contribution in [1.82, 2.24) is 0 Å². The SMILES string of the molecule is O=C(c1cccc(OCc2ccc(F)cc2)c1)N1CCOc2ccccc21. The number of benzene rings is 3. The Morgan fingerprint density at radius 3 is 2.70 bits per heavy atom. The molecule has 0 saturated carbocycles. The van der Waals surface area contributed by atoms with Crippen LogP contribution in [0.1, 0.15) is 15.9 Å². The number of para-hydroxylation sites is 2. The molecule has 5 heteroatoms. The maximum atomic E-state index is 13.0. The normalized spacial score (nSPS) is 12.9. The molecule has 0 bridgehead atoms. The van der Waals surface area contributed by atoms with Crippen LogP contribution in [0.3, 0.4) is 0 Å². The molecule has 0 atom stereocenters. The summed E-state index contributed by atoms with van der Waals surface area (Å²) in [6, 6.07) is 20.7. The van der Waals surface area contributed by atoms with E-state index in [-0.39, 0.29) is 11.7 Å². The monoisotopic (exact) mass is 363 g/mol. The van der Waals surface area contributed by atoms with Crippen LogP contribution in [-0.4, -0.2) is 19.1 Å². The second-order valence-electron chi connectivity index (χ2n) is 6.22. The molecule has 1 aliphatic rings. The lowest BCUT2D eigenvalue weighted by atomic mass is 10.1. The summed E-state index contributed by atoms with van der Waals surface area (Å²) in [6.45, 7) is 1.26. The van der Waals surface area contributed by atoms with E-state index in [0.29, 0.717) is 36.8 Å². The Kier molecular flexibility index (Phi) is 4.75. The third-order valence-corrected chi connectivity index (χ3v) is 4.37. The average Bonchev–Trinajstić information content (AvgIpc) is 2.72. The number of ether oxygens (including phenoxy) is 2. The summed E-state index contributed by atoms with van der Waals surface area (Å²) in [4.78, 5) is 14.7. The van der Waals surface area contributed by atoms with Crippen LogP contribution >= 0.6 is 0 Å². The molecule has 4 rings (SSSR count). The predicted molar refractivity (Wildman–Crippen MR) is 101 cm³/mol. The number of carbonyl (C=O) groups excluding carboxylic acids is 1. The van der Waals surface area contributed by atoms with Crippen LogP contribution in [0.25, 0.3) is 0 Å². The number of halogens is 1. The van der Waals surface area contributed by atoms with Gasteiger partial charge in [-0.25, -0.2) is 4.39 Å². The minimum Gasteiger partial charge on any atom is -0.490 e. The Morgan fingerprint density at radius 1 is 1.04 bits per heavy atom. The zero-order chi connectivity index (χ0) is 18.6. The zero-order valence-corrected chi connectivity index (χ0v) is 14.6. The first-order valence-corrected chi connectivity index (χ1v) is 8.72. The van der Waals surface area contributed by atoms with Crippen LogP contribution in [-0.2, 0) is 6.61 Å². The number of hydrogen-bond acceptors (Lipinski definition) is 3. The minimum absolute atomic E-state index is 0.0991. The Bertz CT molecular complexity index is 956. The van der Waals surface area contributed by atoms with Crippen molar-refractivity contribution in [2.75, 3.05) is 18.1 Å². The molecule has 4 nitrogen and oxygen atoms in total. The lowest BCUT2D eigenvalue weighted by Crippen LogP contribution is -2.37. The van der Waals surface area contributed by atoms with Crippen LogP contribution in [0.5, 0.6) is 11.5 Å². The zero-order valence-electron chi connectivity index (χ0n) is 14.6. The van der Waals surface area contributed by atoms with Crippen molar-refractivity contribution >= 4 is 11.6 Å². The van der Waals surface area contributed by atoms with Gasteiger partial charge in [-0.3, -0.25) is 4.79 Å². The summed E-state index contributed by atoms with van der Waals surface area (Å²) in [6.07, 6.45) is 0. The smallest absolute Gasteiger partial charge is 0.258 e. The van der Waals surface area contributed by atoms with E-state index in [1.165, 1.54) is 12.1 Å². The van der Waals surface area contributed by atoms with Crippen molar-refractivity contribution in [3.05, 3.63) is 89.7 Å². The highest BCUT2D eigenvalue weighted by atomic mass is 19.1. The quantitative estimate of drug-likeness (QED) is 0.688. The van der Waals surface area contributed by atoms with Gasteiger partial charge in [0.25, 0.3) is 5.91 Å². The molecule has 0 saturated heterocycles. The van der Waals surface area contributed by atoms with E-state index in [4.69, 9.17) is 9.47 Å². The standard InChI is InChI=1S/C22H18FNO3/c23-18-10-8-16(9-11-18)15-27-19-5-3-4-17(14-19)22(25)24-12-13-26-21-7-2-1-6-20(21)24/h1-11,14H,12-13,15H2. The molecule has 0 radical (unpaired) electrons. The van der Waals surface area contributed by atoms with E-state index >= 15 is 0 Å². The number of fused-ring (bicyclic) bond motifs is 1. The van der Waals surface area contributed by atoms with Crippen molar-refractivity contribution in [2.24, 2.45) is 0 Å². The van der Waals surface area contributed by atoms with Gasteiger partial charge in [-0.05, 0) is 48.0 Å². The molecule has 27 heavy (non-hydrogen) atoms. The molecule has 0 N–H and O–H groups in total. The van der Waals surface area contributed by atoms with Gasteiger partial charge < -0.3 is 14.4 Å². The average molecular weight is 363 g/mol.